The van der Waals surface area contributed by atoms with Crippen molar-refractivity contribution in [1.82, 2.24) is 5.32 Å². The van der Waals surface area contributed by atoms with Crippen LogP contribution < -0.4 is 10.2 Å². The van der Waals surface area contributed by atoms with E-state index in [0.29, 0.717) is 6.04 Å². The summed E-state index contributed by atoms with van der Waals surface area (Å²) >= 11 is 0. The zero-order chi connectivity index (χ0) is 11.5. The van der Waals surface area contributed by atoms with Crippen LogP contribution in [0.1, 0.15) is 17.5 Å². The van der Waals surface area contributed by atoms with Crippen LogP contribution in [0.5, 0.6) is 0 Å². The minimum absolute atomic E-state index is 0.549. The molecule has 0 aromatic heterocycles. The molecule has 1 heterocycles. The molecule has 1 aromatic rings. The number of benzene rings is 1. The van der Waals surface area contributed by atoms with E-state index in [1.165, 1.54) is 0 Å². The lowest BCUT2D eigenvalue weighted by Gasteiger charge is -2.20. The molecule has 0 bridgehead atoms. The standard InChI is InChI=1S/C13H17N3/c1-10-3-4-13(11(7-10)8-14)16-6-5-12(9-16)15-2/h3-4,7,12,15H,5-6,9H2,1-2H3. The molecule has 0 aliphatic carbocycles. The second-order valence-electron chi connectivity index (χ2n) is 4.35. The molecular formula is C13H17N3. The van der Waals surface area contributed by atoms with Crippen molar-refractivity contribution in [3.8, 4) is 6.07 Å². The van der Waals surface area contributed by atoms with Gasteiger partial charge in [-0.15, -0.1) is 0 Å². The second kappa shape index (κ2) is 4.54. The minimum atomic E-state index is 0.549. The predicted octanol–water partition coefficient (Wildman–Crippen LogP) is 1.66. The normalized spacial score (nSPS) is 19.8. The van der Waals surface area contributed by atoms with Gasteiger partial charge in [-0.1, -0.05) is 6.07 Å². The highest BCUT2D eigenvalue weighted by Gasteiger charge is 2.22. The summed E-state index contributed by atoms with van der Waals surface area (Å²) in [6, 6.07) is 8.93. The van der Waals surface area contributed by atoms with Crippen LogP contribution >= 0.6 is 0 Å². The first kappa shape index (κ1) is 11.0. The Bertz CT molecular complexity index is 420. The maximum Gasteiger partial charge on any atom is 0.101 e. The monoisotopic (exact) mass is 215 g/mol. The van der Waals surface area contributed by atoms with E-state index in [2.05, 4.69) is 28.4 Å². The van der Waals surface area contributed by atoms with Gasteiger partial charge in [0, 0.05) is 19.1 Å². The Morgan fingerprint density at radius 2 is 2.31 bits per heavy atom. The SMILES string of the molecule is CNC1CCN(c2ccc(C)cc2C#N)C1. The van der Waals surface area contributed by atoms with Gasteiger partial charge in [0.15, 0.2) is 0 Å². The Morgan fingerprint density at radius 1 is 1.50 bits per heavy atom. The molecule has 0 spiro atoms. The van der Waals surface area contributed by atoms with Gasteiger partial charge < -0.3 is 10.2 Å². The van der Waals surface area contributed by atoms with Gasteiger partial charge in [0.05, 0.1) is 11.3 Å². The Labute approximate surface area is 96.7 Å². The van der Waals surface area contributed by atoms with Gasteiger partial charge in [-0.25, -0.2) is 0 Å². The van der Waals surface area contributed by atoms with E-state index in [-0.39, 0.29) is 0 Å². The number of hydrogen-bond acceptors (Lipinski definition) is 3. The van der Waals surface area contributed by atoms with Crippen molar-refractivity contribution in [2.75, 3.05) is 25.0 Å². The first-order valence-electron chi connectivity index (χ1n) is 5.67. The number of anilines is 1. The number of nitrogens with one attached hydrogen (secondary N) is 1. The highest BCUT2D eigenvalue weighted by molar-refractivity contribution is 5.61. The summed E-state index contributed by atoms with van der Waals surface area (Å²) < 4.78 is 0. The summed E-state index contributed by atoms with van der Waals surface area (Å²) in [6.07, 6.45) is 1.15. The fraction of sp³-hybridized carbons (Fsp3) is 0.462. The average molecular weight is 215 g/mol. The van der Waals surface area contributed by atoms with Crippen molar-refractivity contribution in [1.29, 1.82) is 5.26 Å². The Balaban J connectivity index is 2.25. The highest BCUT2D eigenvalue weighted by atomic mass is 15.2. The maximum absolute atomic E-state index is 9.13. The van der Waals surface area contributed by atoms with Gasteiger partial charge in [0.2, 0.25) is 0 Å². The van der Waals surface area contributed by atoms with Crippen LogP contribution in [-0.2, 0) is 0 Å². The van der Waals surface area contributed by atoms with E-state index in [4.69, 9.17) is 5.26 Å². The molecule has 0 saturated carbocycles. The third-order valence-corrected chi connectivity index (χ3v) is 3.21. The van der Waals surface area contributed by atoms with Crippen molar-refractivity contribution in [3.05, 3.63) is 29.3 Å². The minimum Gasteiger partial charge on any atom is -0.369 e. The molecule has 1 N–H and O–H groups in total. The van der Waals surface area contributed by atoms with Gasteiger partial charge in [-0.05, 0) is 38.1 Å². The zero-order valence-corrected chi connectivity index (χ0v) is 9.83. The van der Waals surface area contributed by atoms with Crippen molar-refractivity contribution in [2.24, 2.45) is 0 Å². The molecule has 3 nitrogen and oxygen atoms in total. The molecule has 1 unspecified atom stereocenters. The van der Waals surface area contributed by atoms with Crippen LogP contribution in [0.3, 0.4) is 0 Å². The van der Waals surface area contributed by atoms with Crippen molar-refractivity contribution in [2.45, 2.75) is 19.4 Å². The summed E-state index contributed by atoms with van der Waals surface area (Å²) in [6.45, 7) is 4.04. The maximum atomic E-state index is 9.13. The molecule has 84 valence electrons. The van der Waals surface area contributed by atoms with Crippen molar-refractivity contribution < 1.29 is 0 Å². The topological polar surface area (TPSA) is 39.1 Å². The number of nitrogens with zero attached hydrogens (tertiary/aromatic N) is 2. The molecule has 1 fully saturated rings. The molecule has 3 heteroatoms. The first-order chi connectivity index (χ1) is 7.74. The largest absolute Gasteiger partial charge is 0.369 e. The molecule has 1 aliphatic rings. The van der Waals surface area contributed by atoms with E-state index >= 15 is 0 Å². The fourth-order valence-corrected chi connectivity index (χ4v) is 2.23. The molecule has 0 amide bonds. The molecule has 16 heavy (non-hydrogen) atoms. The Kier molecular flexibility index (Phi) is 3.12. The van der Waals surface area contributed by atoms with E-state index in [9.17, 15) is 0 Å². The molecule has 1 saturated heterocycles. The molecular weight excluding hydrogens is 198 g/mol. The Morgan fingerprint density at radius 3 is 2.94 bits per heavy atom. The summed E-state index contributed by atoms with van der Waals surface area (Å²) in [4.78, 5) is 2.29. The third kappa shape index (κ3) is 2.02. The highest BCUT2D eigenvalue weighted by Crippen LogP contribution is 2.25. The number of hydrogen-bond donors (Lipinski definition) is 1. The lowest BCUT2D eigenvalue weighted by atomic mass is 10.1. The predicted molar refractivity (Wildman–Crippen MR) is 65.6 cm³/mol. The van der Waals surface area contributed by atoms with Crippen LogP contribution in [0.4, 0.5) is 5.69 Å². The average Bonchev–Trinajstić information content (AvgIpc) is 2.77. The molecule has 0 radical (unpaired) electrons. The van der Waals surface area contributed by atoms with Gasteiger partial charge >= 0.3 is 0 Å². The lowest BCUT2D eigenvalue weighted by Crippen LogP contribution is -2.29. The summed E-state index contributed by atoms with van der Waals surface area (Å²) in [5.74, 6) is 0. The third-order valence-electron chi connectivity index (χ3n) is 3.21. The summed E-state index contributed by atoms with van der Waals surface area (Å²) in [5, 5.41) is 12.4. The summed E-state index contributed by atoms with van der Waals surface area (Å²) in [7, 11) is 1.99. The van der Waals surface area contributed by atoms with Crippen molar-refractivity contribution >= 4 is 5.69 Å². The number of likely N-dealkylation sites (N-methyl/N-ethyl adjacent to an activating group) is 1. The van der Waals surface area contributed by atoms with Gasteiger partial charge in [0.1, 0.15) is 6.07 Å². The molecule has 1 atom stereocenters. The zero-order valence-electron chi connectivity index (χ0n) is 9.83. The van der Waals surface area contributed by atoms with Gasteiger partial charge in [-0.2, -0.15) is 5.26 Å². The van der Waals surface area contributed by atoms with E-state index in [1.54, 1.807) is 0 Å². The van der Waals surface area contributed by atoms with E-state index in [1.807, 2.05) is 20.0 Å². The van der Waals surface area contributed by atoms with Crippen LogP contribution in [0.25, 0.3) is 0 Å². The number of aryl methyl sites for hydroxylation is 1. The van der Waals surface area contributed by atoms with Crippen LogP contribution in [0, 0.1) is 18.3 Å². The molecule has 2 rings (SSSR count). The van der Waals surface area contributed by atoms with Crippen LogP contribution in [-0.4, -0.2) is 26.2 Å². The lowest BCUT2D eigenvalue weighted by molar-refractivity contribution is 0.617. The quantitative estimate of drug-likeness (QED) is 0.815. The molecule has 1 aliphatic heterocycles. The summed E-state index contributed by atoms with van der Waals surface area (Å²) in [5.41, 5.74) is 3.01. The van der Waals surface area contributed by atoms with Gasteiger partial charge in [0.25, 0.3) is 0 Å². The fourth-order valence-electron chi connectivity index (χ4n) is 2.23. The molecule has 1 aromatic carbocycles. The smallest absolute Gasteiger partial charge is 0.101 e. The van der Waals surface area contributed by atoms with Crippen molar-refractivity contribution in [3.63, 3.8) is 0 Å². The van der Waals surface area contributed by atoms with Crippen LogP contribution in [0.15, 0.2) is 18.2 Å². The first-order valence-corrected chi connectivity index (χ1v) is 5.67. The van der Waals surface area contributed by atoms with Crippen LogP contribution in [0.2, 0.25) is 0 Å². The number of nitriles is 1. The number of rotatable bonds is 2. The van der Waals surface area contributed by atoms with E-state index < -0.39 is 0 Å². The second-order valence-corrected chi connectivity index (χ2v) is 4.35. The van der Waals surface area contributed by atoms with E-state index in [0.717, 1.165) is 36.3 Å². The Hall–Kier alpha value is -1.53. The van der Waals surface area contributed by atoms with Gasteiger partial charge in [-0.3, -0.25) is 0 Å².